The predicted molar refractivity (Wildman–Crippen MR) is 88.3 cm³/mol. The summed E-state index contributed by atoms with van der Waals surface area (Å²) >= 11 is 0. The highest BCUT2D eigenvalue weighted by Gasteiger charge is 2.53. The second kappa shape index (κ2) is 6.18. The van der Waals surface area contributed by atoms with E-state index in [1.807, 2.05) is 18.2 Å². The average Bonchev–Trinajstić information content (AvgIpc) is 2.76. The molecule has 1 N–H and O–H groups in total. The molecule has 6 nitrogen and oxygen atoms in total. The van der Waals surface area contributed by atoms with Gasteiger partial charge in [-0.05, 0) is 36.8 Å². The molecule has 6 heteroatoms. The summed E-state index contributed by atoms with van der Waals surface area (Å²) in [6.07, 6.45) is 3.62. The lowest BCUT2D eigenvalue weighted by molar-refractivity contribution is -0.134. The van der Waals surface area contributed by atoms with E-state index in [4.69, 9.17) is 4.74 Å². The lowest BCUT2D eigenvalue weighted by Gasteiger charge is -2.31. The van der Waals surface area contributed by atoms with Crippen LogP contribution in [0.25, 0.3) is 0 Å². The lowest BCUT2D eigenvalue weighted by Crippen LogP contribution is -2.48. The zero-order valence-electron chi connectivity index (χ0n) is 13.8. The first kappa shape index (κ1) is 15.6. The average molecular weight is 329 g/mol. The summed E-state index contributed by atoms with van der Waals surface area (Å²) in [6.45, 7) is 3.15. The highest BCUT2D eigenvalue weighted by Crippen LogP contribution is 2.38. The van der Waals surface area contributed by atoms with Crippen LogP contribution in [-0.2, 0) is 21.5 Å². The van der Waals surface area contributed by atoms with Gasteiger partial charge in [-0.15, -0.1) is 0 Å². The van der Waals surface area contributed by atoms with E-state index in [1.54, 1.807) is 0 Å². The molecule has 0 radical (unpaired) electrons. The topological polar surface area (TPSA) is 61.9 Å². The molecule has 3 aliphatic rings. The largest absolute Gasteiger partial charge is 0.379 e. The molecule has 128 valence electrons. The van der Waals surface area contributed by atoms with Gasteiger partial charge in [0.05, 0.1) is 19.9 Å². The maximum Gasteiger partial charge on any atom is 0.326 e. The minimum atomic E-state index is -0.879. The first-order valence-corrected chi connectivity index (χ1v) is 8.73. The van der Waals surface area contributed by atoms with Gasteiger partial charge in [0, 0.05) is 13.1 Å². The highest BCUT2D eigenvalue weighted by molar-refractivity contribution is 6.07. The van der Waals surface area contributed by atoms with Crippen molar-refractivity contribution >= 4 is 11.9 Å². The standard InChI is InChI=1S/C18H23N3O3/c22-16-18(8-4-3-6-14-5-1-2-7-15(14)18)19-17(23)21(16)13-20-9-11-24-12-10-20/h1-2,5,7H,3-4,6,8-13H2,(H,19,23)/t18-/m0/s1. The number of morpholine rings is 1. The number of ether oxygens (including phenoxy) is 1. The molecule has 1 atom stereocenters. The predicted octanol–water partition coefficient (Wildman–Crippen LogP) is 1.45. The second-order valence-electron chi connectivity index (χ2n) is 6.80. The highest BCUT2D eigenvalue weighted by atomic mass is 16.5. The van der Waals surface area contributed by atoms with Crippen LogP contribution in [0.3, 0.4) is 0 Å². The Morgan fingerprint density at radius 1 is 1.12 bits per heavy atom. The van der Waals surface area contributed by atoms with Crippen LogP contribution in [0.2, 0.25) is 0 Å². The van der Waals surface area contributed by atoms with E-state index < -0.39 is 5.54 Å². The van der Waals surface area contributed by atoms with Crippen LogP contribution in [0.4, 0.5) is 4.79 Å². The quantitative estimate of drug-likeness (QED) is 0.834. The molecule has 4 rings (SSSR count). The fraction of sp³-hybridized carbons (Fsp3) is 0.556. The molecule has 2 aliphatic heterocycles. The smallest absolute Gasteiger partial charge is 0.326 e. The number of nitrogens with one attached hydrogen (secondary N) is 1. The zero-order valence-corrected chi connectivity index (χ0v) is 13.8. The third-order valence-electron chi connectivity index (χ3n) is 5.35. The number of carbonyl (C=O) groups is 2. The van der Waals surface area contributed by atoms with E-state index in [-0.39, 0.29) is 11.9 Å². The molecule has 1 aromatic rings. The van der Waals surface area contributed by atoms with Gasteiger partial charge in [-0.1, -0.05) is 24.3 Å². The van der Waals surface area contributed by atoms with Crippen LogP contribution >= 0.6 is 0 Å². The summed E-state index contributed by atoms with van der Waals surface area (Å²) in [7, 11) is 0. The fourth-order valence-corrected chi connectivity index (χ4v) is 4.04. The summed E-state index contributed by atoms with van der Waals surface area (Å²) in [5.41, 5.74) is 1.28. The van der Waals surface area contributed by atoms with E-state index in [0.29, 0.717) is 26.3 Å². The van der Waals surface area contributed by atoms with Crippen LogP contribution in [0.15, 0.2) is 24.3 Å². The van der Waals surface area contributed by atoms with Gasteiger partial charge in [-0.2, -0.15) is 0 Å². The molecule has 2 fully saturated rings. The van der Waals surface area contributed by atoms with Crippen molar-refractivity contribution in [3.8, 4) is 0 Å². The number of carbonyl (C=O) groups excluding carboxylic acids is 2. The molecule has 2 heterocycles. The molecule has 24 heavy (non-hydrogen) atoms. The minimum Gasteiger partial charge on any atom is -0.379 e. The van der Waals surface area contributed by atoms with E-state index in [9.17, 15) is 9.59 Å². The maximum atomic E-state index is 13.3. The van der Waals surface area contributed by atoms with Gasteiger partial charge in [-0.25, -0.2) is 9.69 Å². The first-order valence-electron chi connectivity index (χ1n) is 8.73. The maximum absolute atomic E-state index is 13.3. The van der Waals surface area contributed by atoms with E-state index >= 15 is 0 Å². The second-order valence-corrected chi connectivity index (χ2v) is 6.80. The Morgan fingerprint density at radius 3 is 2.75 bits per heavy atom. The zero-order chi connectivity index (χ0) is 16.6. The van der Waals surface area contributed by atoms with Crippen molar-refractivity contribution in [2.75, 3.05) is 33.0 Å². The Morgan fingerprint density at radius 2 is 1.92 bits per heavy atom. The van der Waals surface area contributed by atoms with E-state index in [1.165, 1.54) is 10.5 Å². The Hall–Kier alpha value is -1.92. The van der Waals surface area contributed by atoms with E-state index in [0.717, 1.165) is 37.9 Å². The van der Waals surface area contributed by atoms with Crippen molar-refractivity contribution in [2.24, 2.45) is 0 Å². The van der Waals surface area contributed by atoms with Crippen molar-refractivity contribution < 1.29 is 14.3 Å². The number of urea groups is 1. The van der Waals surface area contributed by atoms with Crippen molar-refractivity contribution in [3.63, 3.8) is 0 Å². The molecule has 0 bridgehead atoms. The van der Waals surface area contributed by atoms with Gasteiger partial charge in [0.2, 0.25) is 0 Å². The molecule has 1 aromatic carbocycles. The number of nitrogens with zero attached hydrogens (tertiary/aromatic N) is 2. The summed E-state index contributed by atoms with van der Waals surface area (Å²) in [4.78, 5) is 29.3. The molecule has 1 aliphatic carbocycles. The summed E-state index contributed by atoms with van der Waals surface area (Å²) < 4.78 is 5.35. The van der Waals surface area contributed by atoms with Crippen LogP contribution in [-0.4, -0.2) is 54.7 Å². The molecule has 0 aromatic heterocycles. The number of hydrogen-bond donors (Lipinski definition) is 1. The molecule has 3 amide bonds. The van der Waals surface area contributed by atoms with Crippen LogP contribution in [0.5, 0.6) is 0 Å². The SMILES string of the molecule is O=C1N[C@]2(CCCCc3ccccc32)C(=O)N1CN1CCOCC1. The van der Waals surface area contributed by atoms with Crippen LogP contribution < -0.4 is 5.32 Å². The monoisotopic (exact) mass is 329 g/mol. The van der Waals surface area contributed by atoms with Gasteiger partial charge in [-0.3, -0.25) is 9.69 Å². The number of benzene rings is 1. The van der Waals surface area contributed by atoms with Gasteiger partial charge >= 0.3 is 6.03 Å². The summed E-state index contributed by atoms with van der Waals surface area (Å²) in [6, 6.07) is 7.76. The molecule has 1 spiro atoms. The third-order valence-corrected chi connectivity index (χ3v) is 5.35. The number of imide groups is 1. The summed E-state index contributed by atoms with van der Waals surface area (Å²) in [5.74, 6) is -0.103. The summed E-state index contributed by atoms with van der Waals surface area (Å²) in [5, 5.41) is 3.03. The van der Waals surface area contributed by atoms with Crippen LogP contribution in [0.1, 0.15) is 30.4 Å². The number of aryl methyl sites for hydroxylation is 1. The fourth-order valence-electron chi connectivity index (χ4n) is 4.04. The van der Waals surface area contributed by atoms with Crippen molar-refractivity contribution in [3.05, 3.63) is 35.4 Å². The van der Waals surface area contributed by atoms with Crippen molar-refractivity contribution in [1.29, 1.82) is 0 Å². The van der Waals surface area contributed by atoms with Crippen molar-refractivity contribution in [2.45, 2.75) is 31.2 Å². The van der Waals surface area contributed by atoms with Crippen molar-refractivity contribution in [1.82, 2.24) is 15.1 Å². The third kappa shape index (κ3) is 2.50. The van der Waals surface area contributed by atoms with E-state index in [2.05, 4.69) is 16.3 Å². The number of rotatable bonds is 2. The number of fused-ring (bicyclic) bond motifs is 2. The Bertz CT molecular complexity index is 657. The lowest BCUT2D eigenvalue weighted by atomic mass is 9.84. The number of hydrogen-bond acceptors (Lipinski definition) is 4. The molecule has 0 unspecified atom stereocenters. The Labute approximate surface area is 141 Å². The van der Waals surface area contributed by atoms with Gasteiger partial charge in [0.15, 0.2) is 0 Å². The molecular formula is C18H23N3O3. The molecular weight excluding hydrogens is 306 g/mol. The Balaban J connectivity index is 1.64. The van der Waals surface area contributed by atoms with Gasteiger partial charge in [0.25, 0.3) is 5.91 Å². The molecule has 0 saturated carbocycles. The first-order chi connectivity index (χ1) is 11.7. The molecule has 2 saturated heterocycles. The number of amides is 3. The van der Waals surface area contributed by atoms with Crippen LogP contribution in [0, 0.1) is 0 Å². The Kier molecular flexibility index (Phi) is 4.02. The minimum absolute atomic E-state index is 0.103. The normalized spacial score (nSPS) is 27.9. The van der Waals surface area contributed by atoms with Gasteiger partial charge in [0.1, 0.15) is 5.54 Å². The van der Waals surface area contributed by atoms with Gasteiger partial charge < -0.3 is 10.1 Å².